The summed E-state index contributed by atoms with van der Waals surface area (Å²) in [6.07, 6.45) is 3.20. The highest BCUT2D eigenvalue weighted by molar-refractivity contribution is 6.32. The molecule has 0 aliphatic rings. The molecule has 0 aliphatic heterocycles. The first-order valence-corrected chi connectivity index (χ1v) is 5.92. The van der Waals surface area contributed by atoms with Crippen molar-refractivity contribution in [1.29, 1.82) is 0 Å². The number of nitrogens with two attached hydrogens (primary N) is 1. The molecule has 0 unspecified atom stereocenters. The number of hydrogen-bond donors (Lipinski definition) is 2. The van der Waals surface area contributed by atoms with Gasteiger partial charge in [-0.05, 0) is 12.1 Å². The van der Waals surface area contributed by atoms with Crippen LogP contribution in [-0.2, 0) is 0 Å². The molecule has 3 rings (SSSR count). The van der Waals surface area contributed by atoms with Gasteiger partial charge in [0.05, 0.1) is 10.9 Å². The monoisotopic (exact) mass is 249 g/mol. The molecule has 0 saturated heterocycles. The Kier molecular flexibility index (Phi) is 2.76. The van der Waals surface area contributed by atoms with Gasteiger partial charge in [0.15, 0.2) is 0 Å². The summed E-state index contributed by atoms with van der Waals surface area (Å²) in [4.78, 5) is 12.5. The van der Waals surface area contributed by atoms with E-state index in [1.807, 2.05) is 26.0 Å². The van der Waals surface area contributed by atoms with Crippen molar-refractivity contribution in [2.75, 3.05) is 11.1 Å². The molecule has 1 aromatic carbocycles. The van der Waals surface area contributed by atoms with Crippen molar-refractivity contribution in [1.82, 2.24) is 15.0 Å². The van der Waals surface area contributed by atoms with Crippen LogP contribution in [0.4, 0.5) is 17.3 Å². The Labute approximate surface area is 111 Å². The largest absolute Gasteiger partial charge is 0.384 e. The predicted molar refractivity (Wildman–Crippen MR) is 79.6 cm³/mol. The number of nitrogen functional groups attached to an aromatic ring is 1. The van der Waals surface area contributed by atoms with Crippen molar-refractivity contribution < 1.29 is 0 Å². The SMILES string of the molecule is Bc1cccc(Nc2ncnc3cc(N)ncc23)c1. The first-order chi connectivity index (χ1) is 9.22. The van der Waals surface area contributed by atoms with E-state index < -0.39 is 0 Å². The summed E-state index contributed by atoms with van der Waals surface area (Å²) >= 11 is 0. The maximum absolute atomic E-state index is 5.65. The van der Waals surface area contributed by atoms with E-state index in [-0.39, 0.29) is 0 Å². The fourth-order valence-corrected chi connectivity index (χ4v) is 1.93. The van der Waals surface area contributed by atoms with Gasteiger partial charge in [-0.3, -0.25) is 0 Å². The topological polar surface area (TPSA) is 76.7 Å². The van der Waals surface area contributed by atoms with Gasteiger partial charge in [-0.25, -0.2) is 15.0 Å². The van der Waals surface area contributed by atoms with E-state index in [2.05, 4.69) is 26.3 Å². The Bertz CT molecular complexity index is 744. The summed E-state index contributed by atoms with van der Waals surface area (Å²) < 4.78 is 0. The smallest absolute Gasteiger partial charge is 0.143 e. The Balaban J connectivity index is 2.06. The van der Waals surface area contributed by atoms with Gasteiger partial charge in [0.2, 0.25) is 0 Å². The molecule has 0 fully saturated rings. The molecule has 19 heavy (non-hydrogen) atoms. The van der Waals surface area contributed by atoms with E-state index in [9.17, 15) is 0 Å². The Morgan fingerprint density at radius 2 is 2.00 bits per heavy atom. The van der Waals surface area contributed by atoms with E-state index in [0.717, 1.165) is 22.4 Å². The quantitative estimate of drug-likeness (QED) is 0.650. The average molecular weight is 249 g/mol. The highest BCUT2D eigenvalue weighted by atomic mass is 15.0. The molecular weight excluding hydrogens is 237 g/mol. The number of rotatable bonds is 2. The molecule has 0 atom stereocenters. The van der Waals surface area contributed by atoms with E-state index in [1.165, 1.54) is 11.8 Å². The molecule has 92 valence electrons. The third-order valence-corrected chi connectivity index (χ3v) is 2.82. The van der Waals surface area contributed by atoms with Gasteiger partial charge in [0.1, 0.15) is 25.8 Å². The number of aromatic nitrogens is 3. The second kappa shape index (κ2) is 4.57. The molecule has 6 heteroatoms. The van der Waals surface area contributed by atoms with Gasteiger partial charge in [-0.2, -0.15) is 0 Å². The Hall–Kier alpha value is -2.63. The van der Waals surface area contributed by atoms with Gasteiger partial charge in [0, 0.05) is 18.0 Å². The number of hydrogen-bond acceptors (Lipinski definition) is 5. The molecule has 3 aromatic rings. The van der Waals surface area contributed by atoms with Crippen LogP contribution < -0.4 is 16.5 Å². The summed E-state index contributed by atoms with van der Waals surface area (Å²) in [7, 11) is 2.05. The van der Waals surface area contributed by atoms with Crippen molar-refractivity contribution in [3.8, 4) is 0 Å². The van der Waals surface area contributed by atoms with E-state index in [0.29, 0.717) is 5.82 Å². The van der Waals surface area contributed by atoms with Crippen LogP contribution >= 0.6 is 0 Å². The van der Waals surface area contributed by atoms with Crippen molar-refractivity contribution in [2.24, 2.45) is 0 Å². The van der Waals surface area contributed by atoms with E-state index in [1.54, 1.807) is 12.3 Å². The highest BCUT2D eigenvalue weighted by Gasteiger charge is 2.05. The fraction of sp³-hybridized carbons (Fsp3) is 0. The summed E-state index contributed by atoms with van der Waals surface area (Å²) in [5.41, 5.74) is 8.60. The Morgan fingerprint density at radius 3 is 2.84 bits per heavy atom. The Morgan fingerprint density at radius 1 is 1.11 bits per heavy atom. The first-order valence-electron chi connectivity index (χ1n) is 5.92. The van der Waals surface area contributed by atoms with Crippen LogP contribution in [0, 0.1) is 0 Å². The van der Waals surface area contributed by atoms with Crippen molar-refractivity contribution in [3.05, 3.63) is 42.9 Å². The number of nitrogens with one attached hydrogen (secondary N) is 1. The highest BCUT2D eigenvalue weighted by Crippen LogP contribution is 2.22. The zero-order valence-corrected chi connectivity index (χ0v) is 10.5. The minimum Gasteiger partial charge on any atom is -0.384 e. The molecule has 0 saturated carbocycles. The van der Waals surface area contributed by atoms with Gasteiger partial charge in [-0.15, -0.1) is 0 Å². The molecule has 2 heterocycles. The standard InChI is InChI=1S/C13H12BN5/c14-8-2-1-3-9(4-8)19-13-10-6-16-12(15)5-11(10)17-7-18-13/h1-7H,14H2,(H2,15,16)(H,17,18,19). The lowest BCUT2D eigenvalue weighted by molar-refractivity contribution is 1.21. The van der Waals surface area contributed by atoms with Crippen LogP contribution in [0.2, 0.25) is 0 Å². The van der Waals surface area contributed by atoms with Gasteiger partial charge < -0.3 is 11.1 Å². The second-order valence-corrected chi connectivity index (χ2v) is 4.34. The minimum atomic E-state index is 0.452. The van der Waals surface area contributed by atoms with Gasteiger partial charge >= 0.3 is 0 Å². The molecule has 0 bridgehead atoms. The first kappa shape index (κ1) is 11.5. The molecule has 0 spiro atoms. The molecular formula is C13H12BN5. The minimum absolute atomic E-state index is 0.452. The van der Waals surface area contributed by atoms with Crippen LogP contribution in [0.1, 0.15) is 0 Å². The summed E-state index contributed by atoms with van der Waals surface area (Å²) in [6.45, 7) is 0. The van der Waals surface area contributed by atoms with Crippen molar-refractivity contribution >= 4 is 41.5 Å². The molecule has 0 aliphatic carbocycles. The number of benzene rings is 1. The van der Waals surface area contributed by atoms with Crippen molar-refractivity contribution in [3.63, 3.8) is 0 Å². The lowest BCUT2D eigenvalue weighted by Gasteiger charge is -2.08. The zero-order valence-electron chi connectivity index (χ0n) is 10.5. The normalized spacial score (nSPS) is 10.5. The fourth-order valence-electron chi connectivity index (χ4n) is 1.93. The summed E-state index contributed by atoms with van der Waals surface area (Å²) in [6, 6.07) is 9.82. The summed E-state index contributed by atoms with van der Waals surface area (Å²) in [5.74, 6) is 1.18. The maximum Gasteiger partial charge on any atom is 0.143 e. The van der Waals surface area contributed by atoms with Gasteiger partial charge in [0.25, 0.3) is 0 Å². The number of fused-ring (bicyclic) bond motifs is 1. The summed E-state index contributed by atoms with van der Waals surface area (Å²) in [5, 5.41) is 4.12. The lowest BCUT2D eigenvalue weighted by Crippen LogP contribution is -2.03. The molecule has 3 N–H and O–H groups in total. The van der Waals surface area contributed by atoms with Crippen LogP contribution in [0.5, 0.6) is 0 Å². The molecule has 5 nitrogen and oxygen atoms in total. The van der Waals surface area contributed by atoms with Gasteiger partial charge in [-0.1, -0.05) is 17.6 Å². The lowest BCUT2D eigenvalue weighted by atomic mass is 9.96. The zero-order chi connectivity index (χ0) is 13.2. The average Bonchev–Trinajstić information content (AvgIpc) is 2.38. The van der Waals surface area contributed by atoms with Crippen LogP contribution in [-0.4, -0.2) is 22.8 Å². The third-order valence-electron chi connectivity index (χ3n) is 2.82. The number of anilines is 3. The van der Waals surface area contributed by atoms with Crippen LogP contribution in [0.15, 0.2) is 42.9 Å². The molecule has 0 radical (unpaired) electrons. The van der Waals surface area contributed by atoms with Crippen molar-refractivity contribution in [2.45, 2.75) is 0 Å². The number of pyridine rings is 1. The van der Waals surface area contributed by atoms with E-state index >= 15 is 0 Å². The molecule has 2 aromatic heterocycles. The van der Waals surface area contributed by atoms with Crippen LogP contribution in [0.25, 0.3) is 10.9 Å². The second-order valence-electron chi connectivity index (χ2n) is 4.34. The third kappa shape index (κ3) is 2.33. The number of nitrogens with zero attached hydrogens (tertiary/aromatic N) is 3. The van der Waals surface area contributed by atoms with E-state index in [4.69, 9.17) is 5.73 Å². The molecule has 0 amide bonds. The predicted octanol–water partition coefficient (Wildman–Crippen LogP) is 0.609. The maximum atomic E-state index is 5.65. The van der Waals surface area contributed by atoms with Crippen LogP contribution in [0.3, 0.4) is 0 Å².